The zero-order valence-corrected chi connectivity index (χ0v) is 12.3. The summed E-state index contributed by atoms with van der Waals surface area (Å²) in [5, 5.41) is 9.51. The molecule has 0 spiro atoms. The number of aliphatic carboxylic acids is 1. The summed E-state index contributed by atoms with van der Waals surface area (Å²) in [6, 6.07) is 7.26. The molecule has 1 aliphatic rings. The maximum absolute atomic E-state index is 12.2. The molecule has 1 saturated heterocycles. The van der Waals surface area contributed by atoms with Gasteiger partial charge in [-0.1, -0.05) is 29.8 Å². The monoisotopic (exact) mass is 309 g/mol. The number of rotatable bonds is 3. The molecule has 0 radical (unpaired) electrons. The smallest absolute Gasteiger partial charge is 0.334 e. The third-order valence-corrected chi connectivity index (χ3v) is 3.62. The average molecular weight is 310 g/mol. The van der Waals surface area contributed by atoms with E-state index in [0.717, 1.165) is 11.1 Å². The minimum Gasteiger partial charge on any atom is -0.479 e. The number of nitrogens with zero attached hydrogens (tertiary/aromatic N) is 1. The summed E-state index contributed by atoms with van der Waals surface area (Å²) < 4.78 is 5.09. The molecule has 0 aliphatic carbocycles. The zero-order chi connectivity index (χ0) is 15.4. The first kappa shape index (κ1) is 15.5. The normalized spacial score (nSPS) is 19.4. The summed E-state index contributed by atoms with van der Waals surface area (Å²) in [7, 11) is 0. The van der Waals surface area contributed by atoms with Crippen molar-refractivity contribution in [1.82, 2.24) is 4.90 Å². The minimum absolute atomic E-state index is 0.0560. The maximum Gasteiger partial charge on any atom is 0.334 e. The predicted molar refractivity (Wildman–Crippen MR) is 79.1 cm³/mol. The minimum atomic E-state index is -1.06. The lowest BCUT2D eigenvalue weighted by Crippen LogP contribution is -2.48. The van der Waals surface area contributed by atoms with E-state index in [1.807, 2.05) is 18.2 Å². The number of carbonyl (C=O) groups excluding carboxylic acids is 1. The van der Waals surface area contributed by atoms with Gasteiger partial charge < -0.3 is 14.7 Å². The number of benzene rings is 1. The molecule has 6 heteroatoms. The maximum atomic E-state index is 12.2. The van der Waals surface area contributed by atoms with E-state index >= 15 is 0 Å². The van der Waals surface area contributed by atoms with E-state index in [0.29, 0.717) is 11.6 Å². The van der Waals surface area contributed by atoms with Crippen LogP contribution in [0.5, 0.6) is 0 Å². The summed E-state index contributed by atoms with van der Waals surface area (Å²) in [5.41, 5.74) is 1.53. The van der Waals surface area contributed by atoms with Crippen LogP contribution >= 0.6 is 11.6 Å². The van der Waals surface area contributed by atoms with E-state index in [1.54, 1.807) is 13.0 Å². The van der Waals surface area contributed by atoms with E-state index in [1.165, 1.54) is 11.0 Å². The Labute approximate surface area is 127 Å². The van der Waals surface area contributed by atoms with Gasteiger partial charge in [0, 0.05) is 17.6 Å². The molecule has 1 atom stereocenters. The number of halogens is 1. The molecule has 5 nitrogen and oxygen atoms in total. The molecule has 1 aromatic rings. The SMILES string of the molecule is C/C(=C/C(=O)N1CCOC(C(=O)O)C1)c1ccccc1Cl. The van der Waals surface area contributed by atoms with Crippen molar-refractivity contribution in [3.63, 3.8) is 0 Å². The van der Waals surface area contributed by atoms with Gasteiger partial charge in [0.05, 0.1) is 13.2 Å². The highest BCUT2D eigenvalue weighted by Crippen LogP contribution is 2.23. The van der Waals surface area contributed by atoms with Gasteiger partial charge >= 0.3 is 5.97 Å². The Bertz CT molecular complexity index is 585. The van der Waals surface area contributed by atoms with Crippen LogP contribution in [0.3, 0.4) is 0 Å². The van der Waals surface area contributed by atoms with Crippen molar-refractivity contribution >= 4 is 29.1 Å². The average Bonchev–Trinajstić information content (AvgIpc) is 2.47. The van der Waals surface area contributed by atoms with E-state index in [4.69, 9.17) is 21.4 Å². The number of amides is 1. The zero-order valence-electron chi connectivity index (χ0n) is 11.6. The Morgan fingerprint density at radius 1 is 1.43 bits per heavy atom. The van der Waals surface area contributed by atoms with Crippen molar-refractivity contribution in [2.24, 2.45) is 0 Å². The van der Waals surface area contributed by atoms with Gasteiger partial charge in [-0.25, -0.2) is 4.79 Å². The molecule has 1 aromatic carbocycles. The molecule has 1 N–H and O–H groups in total. The Morgan fingerprint density at radius 3 is 2.81 bits per heavy atom. The summed E-state index contributed by atoms with van der Waals surface area (Å²) in [4.78, 5) is 24.6. The molecule has 112 valence electrons. The van der Waals surface area contributed by atoms with E-state index in [9.17, 15) is 9.59 Å². The van der Waals surface area contributed by atoms with Crippen LogP contribution in [0.2, 0.25) is 5.02 Å². The Kier molecular flexibility index (Phi) is 4.98. The fourth-order valence-electron chi connectivity index (χ4n) is 2.13. The number of carboxylic acids is 1. The van der Waals surface area contributed by atoms with Crippen molar-refractivity contribution in [2.75, 3.05) is 19.7 Å². The molecule has 1 fully saturated rings. The van der Waals surface area contributed by atoms with Gasteiger partial charge in [0.1, 0.15) is 0 Å². The summed E-state index contributed by atoms with van der Waals surface area (Å²) in [6.45, 7) is 2.46. The van der Waals surface area contributed by atoms with Crippen molar-refractivity contribution in [1.29, 1.82) is 0 Å². The molecule has 1 aliphatic heterocycles. The van der Waals surface area contributed by atoms with E-state index in [2.05, 4.69) is 0 Å². The number of morpholine rings is 1. The number of carboxylic acid groups (broad SMARTS) is 1. The Morgan fingerprint density at radius 2 is 2.14 bits per heavy atom. The van der Waals surface area contributed by atoms with Crippen LogP contribution < -0.4 is 0 Å². The van der Waals surface area contributed by atoms with Gasteiger partial charge in [0.2, 0.25) is 5.91 Å². The second kappa shape index (κ2) is 6.74. The summed E-state index contributed by atoms with van der Waals surface area (Å²) in [5.74, 6) is -1.29. The Balaban J connectivity index is 2.11. The van der Waals surface area contributed by atoms with Crippen LogP contribution in [0.25, 0.3) is 5.57 Å². The van der Waals surface area contributed by atoms with E-state index in [-0.39, 0.29) is 19.1 Å². The van der Waals surface area contributed by atoms with Gasteiger partial charge in [-0.05, 0) is 24.1 Å². The molecule has 0 bridgehead atoms. The highest BCUT2D eigenvalue weighted by atomic mass is 35.5. The Hall–Kier alpha value is -1.85. The first-order valence-electron chi connectivity index (χ1n) is 6.55. The van der Waals surface area contributed by atoms with Crippen LogP contribution in [0.15, 0.2) is 30.3 Å². The van der Waals surface area contributed by atoms with Gasteiger partial charge in [-0.15, -0.1) is 0 Å². The number of hydrogen-bond acceptors (Lipinski definition) is 3. The third kappa shape index (κ3) is 3.83. The lowest BCUT2D eigenvalue weighted by atomic mass is 10.1. The van der Waals surface area contributed by atoms with Crippen LogP contribution in [0.1, 0.15) is 12.5 Å². The first-order chi connectivity index (χ1) is 9.99. The third-order valence-electron chi connectivity index (χ3n) is 3.29. The molecule has 0 aromatic heterocycles. The van der Waals surface area contributed by atoms with Crippen LogP contribution in [-0.4, -0.2) is 47.7 Å². The molecular weight excluding hydrogens is 294 g/mol. The first-order valence-corrected chi connectivity index (χ1v) is 6.93. The highest BCUT2D eigenvalue weighted by Gasteiger charge is 2.28. The molecule has 1 unspecified atom stereocenters. The second-order valence-corrected chi connectivity index (χ2v) is 5.20. The topological polar surface area (TPSA) is 66.8 Å². The van der Waals surface area contributed by atoms with Crippen molar-refractivity contribution in [2.45, 2.75) is 13.0 Å². The largest absolute Gasteiger partial charge is 0.479 e. The molecule has 2 rings (SSSR count). The number of allylic oxidation sites excluding steroid dienone is 1. The summed E-state index contributed by atoms with van der Waals surface area (Å²) >= 11 is 6.09. The lowest BCUT2D eigenvalue weighted by molar-refractivity contribution is -0.158. The molecule has 1 amide bonds. The molecule has 21 heavy (non-hydrogen) atoms. The number of carbonyl (C=O) groups is 2. The molecular formula is C15H16ClNO4. The van der Waals surface area contributed by atoms with Crippen molar-refractivity contribution < 1.29 is 19.4 Å². The lowest BCUT2D eigenvalue weighted by Gasteiger charge is -2.30. The number of hydrogen-bond donors (Lipinski definition) is 1. The predicted octanol–water partition coefficient (Wildman–Crippen LogP) is 2.06. The van der Waals surface area contributed by atoms with Gasteiger partial charge in [0.15, 0.2) is 6.10 Å². The van der Waals surface area contributed by atoms with Crippen LogP contribution in [0.4, 0.5) is 0 Å². The number of ether oxygens (including phenoxy) is 1. The highest BCUT2D eigenvalue weighted by molar-refractivity contribution is 6.32. The van der Waals surface area contributed by atoms with Gasteiger partial charge in [0.25, 0.3) is 0 Å². The fourth-order valence-corrected chi connectivity index (χ4v) is 2.42. The van der Waals surface area contributed by atoms with Gasteiger partial charge in [-0.2, -0.15) is 0 Å². The van der Waals surface area contributed by atoms with Crippen molar-refractivity contribution in [3.05, 3.63) is 40.9 Å². The quantitative estimate of drug-likeness (QED) is 0.868. The van der Waals surface area contributed by atoms with Crippen LogP contribution in [-0.2, 0) is 14.3 Å². The molecule has 0 saturated carbocycles. The summed E-state index contributed by atoms with van der Waals surface area (Å²) in [6.07, 6.45) is 0.516. The van der Waals surface area contributed by atoms with E-state index < -0.39 is 12.1 Å². The second-order valence-electron chi connectivity index (χ2n) is 4.79. The fraction of sp³-hybridized carbons (Fsp3) is 0.333. The standard InChI is InChI=1S/C15H16ClNO4/c1-10(11-4-2-3-5-12(11)16)8-14(18)17-6-7-21-13(9-17)15(19)20/h2-5,8,13H,6-7,9H2,1H3,(H,19,20)/b10-8-. The van der Waals surface area contributed by atoms with Gasteiger partial charge in [-0.3, -0.25) is 4.79 Å². The van der Waals surface area contributed by atoms with Crippen LogP contribution in [0, 0.1) is 0 Å². The van der Waals surface area contributed by atoms with Crippen molar-refractivity contribution in [3.8, 4) is 0 Å². The molecule has 1 heterocycles.